The third kappa shape index (κ3) is 8.81. The van der Waals surface area contributed by atoms with Crippen molar-refractivity contribution in [2.75, 3.05) is 18.5 Å². The lowest BCUT2D eigenvalue weighted by Gasteiger charge is -2.24. The van der Waals surface area contributed by atoms with E-state index in [1.165, 1.54) is 11.3 Å². The smallest absolute Gasteiger partial charge is 0.329 e. The fourth-order valence-electron chi connectivity index (χ4n) is 3.27. The highest BCUT2D eigenvalue weighted by Crippen LogP contribution is 2.29. The zero-order valence-electron chi connectivity index (χ0n) is 20.4. The van der Waals surface area contributed by atoms with Crippen LogP contribution in [0.5, 0.6) is 5.75 Å². The van der Waals surface area contributed by atoms with Gasteiger partial charge in [0.1, 0.15) is 17.4 Å². The van der Waals surface area contributed by atoms with E-state index in [1.807, 2.05) is 63.2 Å². The summed E-state index contributed by atoms with van der Waals surface area (Å²) in [6.45, 7) is 8.16. The fourth-order valence-corrected chi connectivity index (χ4v) is 4.74. The standard InChI is InChI=1S/C26H31BrN2O5S/c1-5-32-23(30)7-6-14-33-19-11-8-17(9-12-19)15-21(24(31)34-26(2,3)4)29-25-28-20-13-10-18(27)16-22(20)35-25/h8-13,16,21H,5-7,14-15H2,1-4H3,(H,28,29). The summed E-state index contributed by atoms with van der Waals surface area (Å²) in [5, 5.41) is 3.94. The number of anilines is 1. The summed E-state index contributed by atoms with van der Waals surface area (Å²) < 4.78 is 18.3. The molecule has 3 aromatic rings. The van der Waals surface area contributed by atoms with Gasteiger partial charge in [0.15, 0.2) is 5.13 Å². The molecule has 0 bridgehead atoms. The number of thiazole rings is 1. The molecule has 1 unspecified atom stereocenters. The second-order valence-electron chi connectivity index (χ2n) is 8.97. The van der Waals surface area contributed by atoms with E-state index in [4.69, 9.17) is 14.2 Å². The highest BCUT2D eigenvalue weighted by molar-refractivity contribution is 9.10. The molecule has 1 atom stereocenters. The number of aromatic nitrogens is 1. The molecular weight excluding hydrogens is 532 g/mol. The van der Waals surface area contributed by atoms with Gasteiger partial charge in [-0.3, -0.25) is 4.79 Å². The topological polar surface area (TPSA) is 86.8 Å². The van der Waals surface area contributed by atoms with E-state index in [0.717, 1.165) is 20.3 Å². The Hall–Kier alpha value is -2.65. The lowest BCUT2D eigenvalue weighted by molar-refractivity contribution is -0.155. The van der Waals surface area contributed by atoms with Crippen molar-refractivity contribution < 1.29 is 23.8 Å². The Balaban J connectivity index is 1.65. The van der Waals surface area contributed by atoms with Crippen molar-refractivity contribution in [2.24, 2.45) is 0 Å². The van der Waals surface area contributed by atoms with Crippen LogP contribution in [0.4, 0.5) is 5.13 Å². The number of rotatable bonds is 11. The van der Waals surface area contributed by atoms with Crippen LogP contribution >= 0.6 is 27.3 Å². The minimum Gasteiger partial charge on any atom is -0.494 e. The maximum Gasteiger partial charge on any atom is 0.329 e. The average Bonchev–Trinajstić information content (AvgIpc) is 3.18. The first-order valence-corrected chi connectivity index (χ1v) is 13.2. The monoisotopic (exact) mass is 562 g/mol. The molecule has 188 valence electrons. The van der Waals surface area contributed by atoms with Crippen LogP contribution < -0.4 is 10.1 Å². The third-order valence-corrected chi connectivity index (χ3v) is 6.24. The Morgan fingerprint density at radius 3 is 2.57 bits per heavy atom. The van der Waals surface area contributed by atoms with Gasteiger partial charge in [0, 0.05) is 17.3 Å². The van der Waals surface area contributed by atoms with Gasteiger partial charge in [-0.25, -0.2) is 9.78 Å². The normalized spacial score (nSPS) is 12.3. The van der Waals surface area contributed by atoms with Crippen molar-refractivity contribution in [3.8, 4) is 5.75 Å². The Kier molecular flexibility index (Phi) is 9.51. The molecule has 0 amide bonds. The van der Waals surface area contributed by atoms with Gasteiger partial charge in [-0.2, -0.15) is 0 Å². The van der Waals surface area contributed by atoms with Crippen molar-refractivity contribution in [1.82, 2.24) is 4.98 Å². The van der Waals surface area contributed by atoms with Crippen LogP contribution in [0, 0.1) is 0 Å². The number of fused-ring (bicyclic) bond motifs is 1. The van der Waals surface area contributed by atoms with Gasteiger partial charge < -0.3 is 19.5 Å². The Morgan fingerprint density at radius 1 is 1.14 bits per heavy atom. The summed E-state index contributed by atoms with van der Waals surface area (Å²) in [4.78, 5) is 29.0. The summed E-state index contributed by atoms with van der Waals surface area (Å²) in [7, 11) is 0. The minimum atomic E-state index is -0.602. The second kappa shape index (κ2) is 12.4. The van der Waals surface area contributed by atoms with E-state index < -0.39 is 11.6 Å². The lowest BCUT2D eigenvalue weighted by Crippen LogP contribution is -2.38. The molecule has 1 heterocycles. The van der Waals surface area contributed by atoms with Gasteiger partial charge in [-0.05, 0) is 70.0 Å². The highest BCUT2D eigenvalue weighted by Gasteiger charge is 2.26. The lowest BCUT2D eigenvalue weighted by atomic mass is 10.1. The van der Waals surface area contributed by atoms with Crippen molar-refractivity contribution in [2.45, 2.75) is 58.6 Å². The van der Waals surface area contributed by atoms with Crippen molar-refractivity contribution in [1.29, 1.82) is 0 Å². The summed E-state index contributed by atoms with van der Waals surface area (Å²) in [5.41, 5.74) is 1.22. The Labute approximate surface area is 218 Å². The first-order valence-electron chi connectivity index (χ1n) is 11.6. The first kappa shape index (κ1) is 26.9. The molecule has 35 heavy (non-hydrogen) atoms. The van der Waals surface area contributed by atoms with Crippen LogP contribution in [0.15, 0.2) is 46.9 Å². The van der Waals surface area contributed by atoms with E-state index in [0.29, 0.717) is 43.4 Å². The Morgan fingerprint density at radius 2 is 1.89 bits per heavy atom. The highest BCUT2D eigenvalue weighted by atomic mass is 79.9. The van der Waals surface area contributed by atoms with E-state index >= 15 is 0 Å². The predicted molar refractivity (Wildman–Crippen MR) is 142 cm³/mol. The van der Waals surface area contributed by atoms with Crippen molar-refractivity contribution >= 4 is 54.6 Å². The zero-order chi connectivity index (χ0) is 25.4. The maximum absolute atomic E-state index is 13.0. The molecule has 0 spiro atoms. The number of ether oxygens (including phenoxy) is 3. The van der Waals surface area contributed by atoms with E-state index in [9.17, 15) is 9.59 Å². The molecule has 1 aromatic heterocycles. The number of hydrogen-bond donors (Lipinski definition) is 1. The number of carbonyl (C=O) groups excluding carboxylic acids is 2. The number of hydrogen-bond acceptors (Lipinski definition) is 8. The first-order chi connectivity index (χ1) is 16.6. The van der Waals surface area contributed by atoms with Crippen LogP contribution in [-0.4, -0.2) is 41.8 Å². The summed E-state index contributed by atoms with van der Waals surface area (Å²) >= 11 is 4.98. The minimum absolute atomic E-state index is 0.215. The van der Waals surface area contributed by atoms with Crippen molar-refractivity contribution in [3.05, 3.63) is 52.5 Å². The summed E-state index contributed by atoms with van der Waals surface area (Å²) in [5.74, 6) is 0.154. The molecule has 3 rings (SSSR count). The second-order valence-corrected chi connectivity index (χ2v) is 10.9. The molecule has 7 nitrogen and oxygen atoms in total. The third-order valence-electron chi connectivity index (χ3n) is 4.80. The predicted octanol–water partition coefficient (Wildman–Crippen LogP) is 6.15. The van der Waals surface area contributed by atoms with Gasteiger partial charge in [-0.1, -0.05) is 39.4 Å². The van der Waals surface area contributed by atoms with Gasteiger partial charge in [0.05, 0.1) is 23.4 Å². The van der Waals surface area contributed by atoms with Crippen LogP contribution in [0.2, 0.25) is 0 Å². The molecule has 0 aliphatic heterocycles. The zero-order valence-corrected chi connectivity index (χ0v) is 22.8. The molecule has 0 fully saturated rings. The Bertz CT molecular complexity index is 1140. The van der Waals surface area contributed by atoms with Crippen molar-refractivity contribution in [3.63, 3.8) is 0 Å². The van der Waals surface area contributed by atoms with E-state index in [1.54, 1.807) is 6.92 Å². The SMILES string of the molecule is CCOC(=O)CCCOc1ccc(CC(Nc2nc3ccc(Br)cc3s2)C(=O)OC(C)(C)C)cc1. The molecule has 9 heteroatoms. The van der Waals surface area contributed by atoms with Crippen LogP contribution in [0.25, 0.3) is 10.2 Å². The molecule has 2 aromatic carbocycles. The quantitative estimate of drug-likeness (QED) is 0.221. The van der Waals surface area contributed by atoms with E-state index in [-0.39, 0.29) is 11.9 Å². The molecule has 0 saturated heterocycles. The average molecular weight is 564 g/mol. The fraction of sp³-hybridized carbons (Fsp3) is 0.423. The maximum atomic E-state index is 13.0. The van der Waals surface area contributed by atoms with Gasteiger partial charge in [0.2, 0.25) is 0 Å². The van der Waals surface area contributed by atoms with Gasteiger partial charge in [0.25, 0.3) is 0 Å². The van der Waals surface area contributed by atoms with Crippen LogP contribution in [0.3, 0.4) is 0 Å². The molecule has 0 radical (unpaired) electrons. The number of nitrogens with zero attached hydrogens (tertiary/aromatic N) is 1. The van der Waals surface area contributed by atoms with Gasteiger partial charge in [-0.15, -0.1) is 0 Å². The molecule has 0 aliphatic rings. The molecular formula is C26H31BrN2O5S. The number of halogens is 1. The molecule has 0 saturated carbocycles. The van der Waals surface area contributed by atoms with Crippen LogP contribution in [-0.2, 0) is 25.5 Å². The molecule has 0 aliphatic carbocycles. The summed E-state index contributed by atoms with van der Waals surface area (Å²) in [6, 6.07) is 12.9. The largest absolute Gasteiger partial charge is 0.494 e. The van der Waals surface area contributed by atoms with E-state index in [2.05, 4.69) is 26.2 Å². The number of esters is 2. The molecule has 1 N–H and O–H groups in total. The van der Waals surface area contributed by atoms with Gasteiger partial charge >= 0.3 is 11.9 Å². The number of nitrogens with one attached hydrogen (secondary N) is 1. The summed E-state index contributed by atoms with van der Waals surface area (Å²) in [6.07, 6.45) is 1.35. The number of benzene rings is 2. The van der Waals surface area contributed by atoms with Crippen LogP contribution in [0.1, 0.15) is 46.1 Å². The number of carbonyl (C=O) groups is 2.